The Morgan fingerprint density at radius 1 is 1.32 bits per heavy atom. The summed E-state index contributed by atoms with van der Waals surface area (Å²) in [5.41, 5.74) is 1.72. The van der Waals surface area contributed by atoms with Gasteiger partial charge in [-0.25, -0.2) is 9.97 Å². The molecule has 1 amide bonds. The summed E-state index contributed by atoms with van der Waals surface area (Å²) in [6.45, 7) is 5.44. The van der Waals surface area contributed by atoms with E-state index in [4.69, 9.17) is 9.47 Å². The molecule has 0 unspecified atom stereocenters. The summed E-state index contributed by atoms with van der Waals surface area (Å²) in [4.78, 5) is 21.8. The van der Waals surface area contributed by atoms with E-state index < -0.39 is 0 Å². The Kier molecular flexibility index (Phi) is 7.81. The van der Waals surface area contributed by atoms with Gasteiger partial charge in [0.05, 0.1) is 17.3 Å². The zero-order valence-electron chi connectivity index (χ0n) is 15.0. The number of hydrogen-bond acceptors (Lipinski definition) is 6. The van der Waals surface area contributed by atoms with Gasteiger partial charge in [-0.2, -0.15) is 0 Å². The number of amides is 1. The number of pyridine rings is 1. The van der Waals surface area contributed by atoms with Gasteiger partial charge in [-0.3, -0.25) is 4.79 Å². The molecule has 0 radical (unpaired) electrons. The Morgan fingerprint density at radius 2 is 2.16 bits per heavy atom. The molecular formula is C18H25N3O3S. The van der Waals surface area contributed by atoms with Crippen molar-refractivity contribution in [1.29, 1.82) is 0 Å². The molecule has 0 aromatic carbocycles. The fourth-order valence-corrected chi connectivity index (χ4v) is 3.21. The van der Waals surface area contributed by atoms with Crippen molar-refractivity contribution in [2.75, 3.05) is 20.3 Å². The second kappa shape index (κ2) is 10.1. The van der Waals surface area contributed by atoms with Gasteiger partial charge in [-0.1, -0.05) is 19.4 Å². The van der Waals surface area contributed by atoms with Gasteiger partial charge in [-0.05, 0) is 25.3 Å². The summed E-state index contributed by atoms with van der Waals surface area (Å²) >= 11 is 1.49. The lowest BCUT2D eigenvalue weighted by molar-refractivity contribution is 0.0954. The number of carbonyl (C=O) groups is 1. The SMILES string of the molecule is CCCCc1nc(C)c(C(=O)NCc2ccc(OCCOC)nc2)s1. The number of thiazole rings is 1. The molecule has 1 N–H and O–H groups in total. The summed E-state index contributed by atoms with van der Waals surface area (Å²) in [5.74, 6) is 0.462. The highest BCUT2D eigenvalue weighted by atomic mass is 32.1. The van der Waals surface area contributed by atoms with Crippen LogP contribution in [-0.2, 0) is 17.7 Å². The largest absolute Gasteiger partial charge is 0.475 e. The van der Waals surface area contributed by atoms with Crippen molar-refractivity contribution in [2.24, 2.45) is 0 Å². The number of methoxy groups -OCH3 is 1. The highest BCUT2D eigenvalue weighted by Crippen LogP contribution is 2.20. The van der Waals surface area contributed by atoms with Gasteiger partial charge in [0.25, 0.3) is 5.91 Å². The zero-order valence-corrected chi connectivity index (χ0v) is 15.8. The van der Waals surface area contributed by atoms with E-state index in [9.17, 15) is 4.79 Å². The number of nitrogens with one attached hydrogen (secondary N) is 1. The van der Waals surface area contributed by atoms with Gasteiger partial charge < -0.3 is 14.8 Å². The predicted molar refractivity (Wildman–Crippen MR) is 98.2 cm³/mol. The fraction of sp³-hybridized carbons (Fsp3) is 0.500. The molecule has 136 valence electrons. The number of nitrogens with zero attached hydrogens (tertiary/aromatic N) is 2. The van der Waals surface area contributed by atoms with Crippen LogP contribution < -0.4 is 10.1 Å². The minimum Gasteiger partial charge on any atom is -0.475 e. The maximum Gasteiger partial charge on any atom is 0.263 e. The van der Waals surface area contributed by atoms with Gasteiger partial charge in [0.2, 0.25) is 5.88 Å². The van der Waals surface area contributed by atoms with E-state index in [-0.39, 0.29) is 5.91 Å². The van der Waals surface area contributed by atoms with Crippen LogP contribution in [0.4, 0.5) is 0 Å². The summed E-state index contributed by atoms with van der Waals surface area (Å²) < 4.78 is 10.3. The van der Waals surface area contributed by atoms with E-state index in [2.05, 4.69) is 22.2 Å². The van der Waals surface area contributed by atoms with E-state index in [1.165, 1.54) is 11.3 Å². The lowest BCUT2D eigenvalue weighted by Gasteiger charge is -2.06. The summed E-state index contributed by atoms with van der Waals surface area (Å²) in [6.07, 6.45) is 4.86. The van der Waals surface area contributed by atoms with Crippen LogP contribution in [0.3, 0.4) is 0 Å². The number of aryl methyl sites for hydroxylation is 2. The van der Waals surface area contributed by atoms with E-state index in [1.807, 2.05) is 13.0 Å². The molecule has 0 atom stereocenters. The molecule has 2 aromatic heterocycles. The molecule has 0 aliphatic rings. The van der Waals surface area contributed by atoms with Crippen LogP contribution in [0, 0.1) is 6.92 Å². The van der Waals surface area contributed by atoms with Crippen LogP contribution >= 0.6 is 11.3 Å². The number of unbranched alkanes of at least 4 members (excludes halogenated alkanes) is 1. The molecule has 0 saturated carbocycles. The van der Waals surface area contributed by atoms with Crippen LogP contribution in [0.15, 0.2) is 18.3 Å². The molecular weight excluding hydrogens is 338 g/mol. The third kappa shape index (κ3) is 6.10. The first kappa shape index (κ1) is 19.3. The van der Waals surface area contributed by atoms with Crippen molar-refractivity contribution in [3.8, 4) is 5.88 Å². The Balaban J connectivity index is 1.86. The highest BCUT2D eigenvalue weighted by Gasteiger charge is 2.14. The monoisotopic (exact) mass is 363 g/mol. The van der Waals surface area contributed by atoms with Crippen molar-refractivity contribution in [3.05, 3.63) is 39.5 Å². The standard InChI is InChI=1S/C18H25N3O3S/c1-4-5-6-16-21-13(2)17(25-16)18(22)20-12-14-7-8-15(19-11-14)24-10-9-23-3/h7-8,11H,4-6,9-10,12H2,1-3H3,(H,20,22). The van der Waals surface area contributed by atoms with Gasteiger partial charge in [0.1, 0.15) is 11.5 Å². The number of ether oxygens (including phenoxy) is 2. The predicted octanol–water partition coefficient (Wildman–Crippen LogP) is 3.14. The lowest BCUT2D eigenvalue weighted by Crippen LogP contribution is -2.22. The first-order valence-electron chi connectivity index (χ1n) is 8.45. The van der Waals surface area contributed by atoms with Gasteiger partial charge in [0.15, 0.2) is 0 Å². The minimum absolute atomic E-state index is 0.0850. The molecule has 0 aliphatic heterocycles. The Hall–Kier alpha value is -1.99. The number of hydrogen-bond donors (Lipinski definition) is 1. The molecule has 0 aliphatic carbocycles. The maximum atomic E-state index is 12.4. The topological polar surface area (TPSA) is 73.3 Å². The van der Waals surface area contributed by atoms with Crippen LogP contribution in [-0.4, -0.2) is 36.2 Å². The minimum atomic E-state index is -0.0850. The smallest absolute Gasteiger partial charge is 0.263 e. The molecule has 7 heteroatoms. The number of carbonyl (C=O) groups excluding carboxylic acids is 1. The molecule has 2 heterocycles. The van der Waals surface area contributed by atoms with Crippen molar-refractivity contribution < 1.29 is 14.3 Å². The molecule has 2 rings (SSSR count). The molecule has 25 heavy (non-hydrogen) atoms. The van der Waals surface area contributed by atoms with E-state index in [1.54, 1.807) is 19.4 Å². The maximum absolute atomic E-state index is 12.4. The first-order valence-corrected chi connectivity index (χ1v) is 9.26. The van der Waals surface area contributed by atoms with Crippen molar-refractivity contribution in [3.63, 3.8) is 0 Å². The first-order chi connectivity index (χ1) is 12.1. The van der Waals surface area contributed by atoms with E-state index in [0.29, 0.717) is 30.5 Å². The van der Waals surface area contributed by atoms with Gasteiger partial charge in [-0.15, -0.1) is 11.3 Å². The Bertz CT molecular complexity index is 671. The van der Waals surface area contributed by atoms with Gasteiger partial charge >= 0.3 is 0 Å². The van der Waals surface area contributed by atoms with Crippen LogP contribution in [0.25, 0.3) is 0 Å². The summed E-state index contributed by atoms with van der Waals surface area (Å²) in [6, 6.07) is 3.68. The average Bonchev–Trinajstić information content (AvgIpc) is 3.00. The molecule has 0 saturated heterocycles. The van der Waals surface area contributed by atoms with Crippen molar-refractivity contribution in [2.45, 2.75) is 39.7 Å². The van der Waals surface area contributed by atoms with E-state index >= 15 is 0 Å². The van der Waals surface area contributed by atoms with Crippen molar-refractivity contribution in [1.82, 2.24) is 15.3 Å². The number of rotatable bonds is 10. The Labute approximate surface area is 152 Å². The zero-order chi connectivity index (χ0) is 18.1. The second-order valence-corrected chi connectivity index (χ2v) is 6.74. The summed E-state index contributed by atoms with van der Waals surface area (Å²) in [7, 11) is 1.63. The molecule has 0 spiro atoms. The number of aromatic nitrogens is 2. The molecule has 2 aromatic rings. The molecule has 0 fully saturated rings. The quantitative estimate of drug-likeness (QED) is 0.657. The lowest BCUT2D eigenvalue weighted by atomic mass is 10.2. The van der Waals surface area contributed by atoms with Crippen LogP contribution in [0.2, 0.25) is 0 Å². The fourth-order valence-electron chi connectivity index (χ4n) is 2.19. The average molecular weight is 363 g/mol. The normalized spacial score (nSPS) is 10.7. The third-order valence-corrected chi connectivity index (χ3v) is 4.80. The second-order valence-electron chi connectivity index (χ2n) is 5.65. The van der Waals surface area contributed by atoms with Gasteiger partial charge in [0, 0.05) is 25.9 Å². The van der Waals surface area contributed by atoms with Crippen LogP contribution in [0.1, 0.15) is 45.7 Å². The van der Waals surface area contributed by atoms with E-state index in [0.717, 1.165) is 35.5 Å². The molecule has 6 nitrogen and oxygen atoms in total. The highest BCUT2D eigenvalue weighted by molar-refractivity contribution is 7.13. The third-order valence-electron chi connectivity index (χ3n) is 3.58. The summed E-state index contributed by atoms with van der Waals surface area (Å²) in [5, 5.41) is 3.96. The molecule has 0 bridgehead atoms. The van der Waals surface area contributed by atoms with Crippen LogP contribution in [0.5, 0.6) is 5.88 Å². The Morgan fingerprint density at radius 3 is 2.84 bits per heavy atom. The van der Waals surface area contributed by atoms with Crippen molar-refractivity contribution >= 4 is 17.2 Å².